The van der Waals surface area contributed by atoms with Crippen LogP contribution in [-0.4, -0.2) is 23.1 Å². The van der Waals surface area contributed by atoms with Crippen LogP contribution >= 0.6 is 11.6 Å². The molecule has 0 unspecified atom stereocenters. The van der Waals surface area contributed by atoms with Crippen molar-refractivity contribution in [3.8, 4) is 5.75 Å². The lowest BCUT2D eigenvalue weighted by atomic mass is 10.2. The van der Waals surface area contributed by atoms with Crippen molar-refractivity contribution in [1.82, 2.24) is 0 Å². The third-order valence-electron chi connectivity index (χ3n) is 2.85. The molecule has 5 nitrogen and oxygen atoms in total. The van der Waals surface area contributed by atoms with Crippen molar-refractivity contribution in [2.75, 3.05) is 5.32 Å². The van der Waals surface area contributed by atoms with Gasteiger partial charge in [0.25, 0.3) is 5.91 Å². The molecule has 2 N–H and O–H groups in total. The van der Waals surface area contributed by atoms with Crippen LogP contribution < -0.4 is 5.32 Å². The Morgan fingerprint density at radius 2 is 1.86 bits per heavy atom. The molecular formula is C16H14ClNO4. The van der Waals surface area contributed by atoms with Crippen LogP contribution in [0.15, 0.2) is 48.5 Å². The van der Waals surface area contributed by atoms with Gasteiger partial charge in [0.15, 0.2) is 6.10 Å². The highest BCUT2D eigenvalue weighted by molar-refractivity contribution is 6.30. The van der Waals surface area contributed by atoms with Gasteiger partial charge in [-0.05, 0) is 49.4 Å². The number of hydrogen-bond donors (Lipinski definition) is 2. The fourth-order valence-electron chi connectivity index (χ4n) is 1.69. The highest BCUT2D eigenvalue weighted by atomic mass is 35.5. The number of hydrogen-bond acceptors (Lipinski definition) is 4. The second-order valence-electron chi connectivity index (χ2n) is 4.59. The van der Waals surface area contributed by atoms with Gasteiger partial charge in [-0.15, -0.1) is 0 Å². The van der Waals surface area contributed by atoms with Crippen molar-refractivity contribution >= 4 is 29.2 Å². The van der Waals surface area contributed by atoms with Gasteiger partial charge in [-0.3, -0.25) is 4.79 Å². The maximum Gasteiger partial charge on any atom is 0.338 e. The zero-order valence-electron chi connectivity index (χ0n) is 11.7. The zero-order valence-corrected chi connectivity index (χ0v) is 12.5. The Morgan fingerprint density at radius 3 is 2.50 bits per heavy atom. The summed E-state index contributed by atoms with van der Waals surface area (Å²) < 4.78 is 5.07. The second-order valence-corrected chi connectivity index (χ2v) is 5.03. The third-order valence-corrected chi connectivity index (χ3v) is 3.08. The molecular weight excluding hydrogens is 306 g/mol. The number of rotatable bonds is 4. The Bertz CT molecular complexity index is 685. The van der Waals surface area contributed by atoms with E-state index in [-0.39, 0.29) is 11.3 Å². The first-order valence-corrected chi connectivity index (χ1v) is 6.90. The van der Waals surface area contributed by atoms with Gasteiger partial charge in [0, 0.05) is 10.7 Å². The van der Waals surface area contributed by atoms with Gasteiger partial charge in [0.05, 0.1) is 5.56 Å². The lowest BCUT2D eigenvalue weighted by Crippen LogP contribution is -2.29. The molecule has 0 saturated heterocycles. The minimum Gasteiger partial charge on any atom is -0.508 e. The minimum absolute atomic E-state index is 0.0447. The first-order valence-electron chi connectivity index (χ1n) is 6.52. The largest absolute Gasteiger partial charge is 0.508 e. The Morgan fingerprint density at radius 1 is 1.18 bits per heavy atom. The number of ether oxygens (including phenoxy) is 1. The van der Waals surface area contributed by atoms with Gasteiger partial charge < -0.3 is 15.2 Å². The summed E-state index contributed by atoms with van der Waals surface area (Å²) >= 11 is 5.83. The van der Waals surface area contributed by atoms with E-state index >= 15 is 0 Å². The highest BCUT2D eigenvalue weighted by Crippen LogP contribution is 2.16. The number of phenols is 1. The molecule has 0 aliphatic carbocycles. The molecule has 0 heterocycles. The van der Waals surface area contributed by atoms with Gasteiger partial charge in [-0.25, -0.2) is 4.79 Å². The fourth-order valence-corrected chi connectivity index (χ4v) is 1.88. The summed E-state index contributed by atoms with van der Waals surface area (Å²) in [6.45, 7) is 1.47. The SMILES string of the molecule is C[C@H](OC(=O)c1ccc(O)cc1)C(=O)Nc1cccc(Cl)c1. The van der Waals surface area contributed by atoms with Gasteiger partial charge in [-0.2, -0.15) is 0 Å². The van der Waals surface area contributed by atoms with E-state index in [1.54, 1.807) is 24.3 Å². The number of aromatic hydroxyl groups is 1. The maximum atomic E-state index is 12.0. The van der Waals surface area contributed by atoms with Crippen LogP contribution in [0.1, 0.15) is 17.3 Å². The van der Waals surface area contributed by atoms with Crippen molar-refractivity contribution in [2.24, 2.45) is 0 Å². The van der Waals surface area contributed by atoms with Gasteiger partial charge in [0.2, 0.25) is 0 Å². The first-order chi connectivity index (χ1) is 10.5. The quantitative estimate of drug-likeness (QED) is 0.848. The predicted molar refractivity (Wildman–Crippen MR) is 83.1 cm³/mol. The number of anilines is 1. The van der Waals surface area contributed by atoms with Crippen LogP contribution in [0.2, 0.25) is 5.02 Å². The smallest absolute Gasteiger partial charge is 0.338 e. The Hall–Kier alpha value is -2.53. The summed E-state index contributed by atoms with van der Waals surface area (Å²) in [5.74, 6) is -1.06. The topological polar surface area (TPSA) is 75.6 Å². The number of amides is 1. The molecule has 2 aromatic rings. The van der Waals surface area contributed by atoms with Crippen LogP contribution in [0.5, 0.6) is 5.75 Å². The zero-order chi connectivity index (χ0) is 16.1. The number of esters is 1. The molecule has 0 aliphatic rings. The second kappa shape index (κ2) is 6.95. The molecule has 0 aromatic heterocycles. The molecule has 22 heavy (non-hydrogen) atoms. The summed E-state index contributed by atoms with van der Waals surface area (Å²) in [5, 5.41) is 12.3. The first kappa shape index (κ1) is 15.9. The standard InChI is InChI=1S/C16H14ClNO4/c1-10(15(20)18-13-4-2-3-12(17)9-13)22-16(21)11-5-7-14(19)8-6-11/h2-10,19H,1H3,(H,18,20)/t10-/m0/s1. The van der Waals surface area contributed by atoms with Gasteiger partial charge in [0.1, 0.15) is 5.75 Å². The lowest BCUT2D eigenvalue weighted by Gasteiger charge is -2.13. The average molecular weight is 320 g/mol. The van der Waals surface area contributed by atoms with Crippen LogP contribution in [0, 0.1) is 0 Å². The van der Waals surface area contributed by atoms with Crippen molar-refractivity contribution in [1.29, 1.82) is 0 Å². The molecule has 0 fully saturated rings. The predicted octanol–water partition coefficient (Wildman–Crippen LogP) is 3.23. The van der Waals surface area contributed by atoms with E-state index in [9.17, 15) is 9.59 Å². The maximum absolute atomic E-state index is 12.0. The number of carbonyl (C=O) groups excluding carboxylic acids is 2. The normalized spacial score (nSPS) is 11.5. The Labute approximate surface area is 132 Å². The summed E-state index contributed by atoms with van der Waals surface area (Å²) in [6, 6.07) is 12.2. The third kappa shape index (κ3) is 4.23. The Balaban J connectivity index is 1.96. The average Bonchev–Trinajstić information content (AvgIpc) is 2.47. The molecule has 1 atom stereocenters. The monoisotopic (exact) mass is 319 g/mol. The Kier molecular flexibility index (Phi) is 5.01. The van der Waals surface area contributed by atoms with E-state index < -0.39 is 18.0 Å². The van der Waals surface area contributed by atoms with E-state index in [4.69, 9.17) is 21.4 Å². The van der Waals surface area contributed by atoms with E-state index in [1.807, 2.05) is 0 Å². The van der Waals surface area contributed by atoms with Crippen molar-refractivity contribution in [3.63, 3.8) is 0 Å². The van der Waals surface area contributed by atoms with Gasteiger partial charge >= 0.3 is 5.97 Å². The van der Waals surface area contributed by atoms with Crippen LogP contribution in [0.25, 0.3) is 0 Å². The molecule has 0 radical (unpaired) electrons. The highest BCUT2D eigenvalue weighted by Gasteiger charge is 2.19. The minimum atomic E-state index is -0.972. The van der Waals surface area contributed by atoms with Crippen molar-refractivity contribution in [2.45, 2.75) is 13.0 Å². The van der Waals surface area contributed by atoms with Gasteiger partial charge in [-0.1, -0.05) is 17.7 Å². The molecule has 1 amide bonds. The van der Waals surface area contributed by atoms with Crippen LogP contribution in [-0.2, 0) is 9.53 Å². The van der Waals surface area contributed by atoms with E-state index in [0.29, 0.717) is 10.7 Å². The molecule has 0 spiro atoms. The molecule has 0 saturated carbocycles. The molecule has 6 heteroatoms. The summed E-state index contributed by atoms with van der Waals surface area (Å²) in [7, 11) is 0. The number of benzene rings is 2. The molecule has 0 bridgehead atoms. The molecule has 114 valence electrons. The fraction of sp³-hybridized carbons (Fsp3) is 0.125. The van der Waals surface area contributed by atoms with Crippen LogP contribution in [0.4, 0.5) is 5.69 Å². The summed E-state index contributed by atoms with van der Waals surface area (Å²) in [6.07, 6.45) is -0.972. The molecule has 2 aromatic carbocycles. The summed E-state index contributed by atoms with van der Waals surface area (Å²) in [5.41, 5.74) is 0.769. The number of nitrogens with one attached hydrogen (secondary N) is 1. The lowest BCUT2D eigenvalue weighted by molar-refractivity contribution is -0.123. The summed E-state index contributed by atoms with van der Waals surface area (Å²) in [4.78, 5) is 23.8. The van der Waals surface area contributed by atoms with E-state index in [1.165, 1.54) is 31.2 Å². The molecule has 2 rings (SSSR count). The van der Waals surface area contributed by atoms with Crippen molar-refractivity contribution in [3.05, 3.63) is 59.1 Å². The van der Waals surface area contributed by atoms with Crippen molar-refractivity contribution < 1.29 is 19.4 Å². The van der Waals surface area contributed by atoms with E-state index in [2.05, 4.69) is 5.32 Å². The van der Waals surface area contributed by atoms with E-state index in [0.717, 1.165) is 0 Å². The number of carbonyl (C=O) groups is 2. The molecule has 0 aliphatic heterocycles. The number of phenolic OH excluding ortho intramolecular Hbond substituents is 1. The number of halogens is 1. The van der Waals surface area contributed by atoms with Crippen LogP contribution in [0.3, 0.4) is 0 Å².